The SMILES string of the molecule is CCCCCCCCCC(OC)(OC)OCCCc1cc(F)c(F)cc1F. The molecule has 1 rings (SSSR count). The lowest BCUT2D eigenvalue weighted by Gasteiger charge is -2.30. The molecule has 0 bridgehead atoms. The average molecular weight is 390 g/mol. The Hall–Kier alpha value is -1.11. The van der Waals surface area contributed by atoms with Gasteiger partial charge in [0.25, 0.3) is 5.97 Å². The van der Waals surface area contributed by atoms with Gasteiger partial charge in [-0.3, -0.25) is 0 Å². The van der Waals surface area contributed by atoms with Crippen LogP contribution in [-0.2, 0) is 20.6 Å². The van der Waals surface area contributed by atoms with Crippen molar-refractivity contribution in [2.45, 2.75) is 77.1 Å². The molecule has 0 saturated carbocycles. The third kappa shape index (κ3) is 8.62. The highest BCUT2D eigenvalue weighted by Gasteiger charge is 2.30. The van der Waals surface area contributed by atoms with E-state index in [1.54, 1.807) is 0 Å². The molecule has 0 unspecified atom stereocenters. The molecule has 27 heavy (non-hydrogen) atoms. The van der Waals surface area contributed by atoms with E-state index in [9.17, 15) is 13.2 Å². The third-order valence-electron chi connectivity index (χ3n) is 4.71. The van der Waals surface area contributed by atoms with Crippen LogP contribution < -0.4 is 0 Å². The summed E-state index contributed by atoms with van der Waals surface area (Å²) in [7, 11) is 3.06. The van der Waals surface area contributed by atoms with Crippen molar-refractivity contribution in [3.8, 4) is 0 Å². The maximum Gasteiger partial charge on any atom is 0.282 e. The molecular formula is C21H33F3O3. The molecule has 3 nitrogen and oxygen atoms in total. The quantitative estimate of drug-likeness (QED) is 0.204. The molecule has 0 fully saturated rings. The van der Waals surface area contributed by atoms with Crippen molar-refractivity contribution < 1.29 is 27.4 Å². The van der Waals surface area contributed by atoms with Crippen LogP contribution in [0.15, 0.2) is 12.1 Å². The van der Waals surface area contributed by atoms with E-state index in [1.807, 2.05) is 0 Å². The second-order valence-corrected chi connectivity index (χ2v) is 6.77. The molecule has 0 aromatic heterocycles. The van der Waals surface area contributed by atoms with Crippen LogP contribution in [0.2, 0.25) is 0 Å². The molecule has 0 aliphatic heterocycles. The minimum Gasteiger partial charge on any atom is -0.331 e. The highest BCUT2D eigenvalue weighted by Crippen LogP contribution is 2.23. The zero-order valence-electron chi connectivity index (χ0n) is 16.8. The molecule has 0 radical (unpaired) electrons. The molecule has 0 aliphatic rings. The maximum atomic E-state index is 13.6. The number of unbranched alkanes of at least 4 members (excludes halogenated alkanes) is 6. The molecule has 6 heteroatoms. The number of halogens is 3. The Balaban J connectivity index is 2.35. The van der Waals surface area contributed by atoms with Crippen LogP contribution in [0.5, 0.6) is 0 Å². The van der Waals surface area contributed by atoms with E-state index < -0.39 is 23.4 Å². The minimum atomic E-state index is -1.18. The van der Waals surface area contributed by atoms with Crippen molar-refractivity contribution in [1.82, 2.24) is 0 Å². The lowest BCUT2D eigenvalue weighted by atomic mass is 10.1. The van der Waals surface area contributed by atoms with E-state index in [0.29, 0.717) is 18.9 Å². The largest absolute Gasteiger partial charge is 0.331 e. The summed E-state index contributed by atoms with van der Waals surface area (Å²) in [4.78, 5) is 0. The van der Waals surface area contributed by atoms with E-state index in [2.05, 4.69) is 6.92 Å². The number of methoxy groups -OCH3 is 2. The molecule has 1 aromatic carbocycles. The molecule has 0 atom stereocenters. The summed E-state index contributed by atoms with van der Waals surface area (Å²) in [5, 5.41) is 0. The summed E-state index contributed by atoms with van der Waals surface area (Å²) >= 11 is 0. The van der Waals surface area contributed by atoms with Crippen LogP contribution in [-0.4, -0.2) is 26.8 Å². The Morgan fingerprint density at radius 1 is 0.778 bits per heavy atom. The predicted molar refractivity (Wildman–Crippen MR) is 99.9 cm³/mol. The van der Waals surface area contributed by atoms with Gasteiger partial charge in [0.05, 0.1) is 6.61 Å². The monoisotopic (exact) mass is 390 g/mol. The van der Waals surface area contributed by atoms with Gasteiger partial charge in [-0.1, -0.05) is 45.4 Å². The first-order chi connectivity index (χ1) is 13.0. The van der Waals surface area contributed by atoms with Gasteiger partial charge in [0.2, 0.25) is 0 Å². The number of hydrogen-bond acceptors (Lipinski definition) is 3. The first-order valence-electron chi connectivity index (χ1n) is 9.85. The van der Waals surface area contributed by atoms with E-state index in [-0.39, 0.29) is 18.6 Å². The lowest BCUT2D eigenvalue weighted by molar-refractivity contribution is -0.365. The molecule has 156 valence electrons. The smallest absolute Gasteiger partial charge is 0.282 e. The Bertz CT molecular complexity index is 534. The number of aryl methyl sites for hydroxylation is 1. The Labute approximate surface area is 161 Å². The van der Waals surface area contributed by atoms with Gasteiger partial charge in [-0.05, 0) is 30.9 Å². The van der Waals surface area contributed by atoms with Gasteiger partial charge < -0.3 is 14.2 Å². The number of hydrogen-bond donors (Lipinski definition) is 0. The summed E-state index contributed by atoms with van der Waals surface area (Å²) in [6, 6.07) is 1.46. The number of rotatable bonds is 15. The lowest BCUT2D eigenvalue weighted by Crippen LogP contribution is -2.37. The molecule has 0 saturated heterocycles. The van der Waals surface area contributed by atoms with Crippen molar-refractivity contribution in [3.63, 3.8) is 0 Å². The fourth-order valence-electron chi connectivity index (χ4n) is 3.02. The predicted octanol–water partition coefficient (Wildman–Crippen LogP) is 6.14. The van der Waals surface area contributed by atoms with Gasteiger partial charge >= 0.3 is 0 Å². The number of ether oxygens (including phenoxy) is 3. The second-order valence-electron chi connectivity index (χ2n) is 6.77. The highest BCUT2D eigenvalue weighted by atomic mass is 19.2. The third-order valence-corrected chi connectivity index (χ3v) is 4.71. The fraction of sp³-hybridized carbons (Fsp3) is 0.714. The van der Waals surface area contributed by atoms with Gasteiger partial charge in [0.1, 0.15) is 5.82 Å². The summed E-state index contributed by atoms with van der Waals surface area (Å²) in [6.07, 6.45) is 9.49. The van der Waals surface area contributed by atoms with Gasteiger partial charge in [0, 0.05) is 26.7 Å². The van der Waals surface area contributed by atoms with Crippen molar-refractivity contribution in [3.05, 3.63) is 35.1 Å². The van der Waals surface area contributed by atoms with Crippen molar-refractivity contribution in [1.29, 1.82) is 0 Å². The molecule has 1 aromatic rings. The maximum absolute atomic E-state index is 13.6. The first kappa shape index (κ1) is 23.9. The van der Waals surface area contributed by atoms with E-state index in [0.717, 1.165) is 18.9 Å². The zero-order chi connectivity index (χ0) is 20.1. The Morgan fingerprint density at radius 2 is 1.37 bits per heavy atom. The van der Waals surface area contributed by atoms with Crippen molar-refractivity contribution in [2.75, 3.05) is 20.8 Å². The summed E-state index contributed by atoms with van der Waals surface area (Å²) in [5.41, 5.74) is 0.130. The van der Waals surface area contributed by atoms with Gasteiger partial charge in [-0.15, -0.1) is 0 Å². The van der Waals surface area contributed by atoms with Gasteiger partial charge in [-0.25, -0.2) is 13.2 Å². The van der Waals surface area contributed by atoms with Crippen LogP contribution in [0.4, 0.5) is 13.2 Å². The van der Waals surface area contributed by atoms with Crippen molar-refractivity contribution in [2.24, 2.45) is 0 Å². The minimum absolute atomic E-state index is 0.130. The Morgan fingerprint density at radius 3 is 2.00 bits per heavy atom. The second kappa shape index (κ2) is 13.1. The van der Waals surface area contributed by atoms with Gasteiger partial charge in [0.15, 0.2) is 11.6 Å². The van der Waals surface area contributed by atoms with Crippen LogP contribution in [0.3, 0.4) is 0 Å². The molecule has 0 aliphatic carbocycles. The summed E-state index contributed by atoms with van der Waals surface area (Å²) < 4.78 is 56.4. The number of benzene rings is 1. The van der Waals surface area contributed by atoms with Gasteiger partial charge in [-0.2, -0.15) is 0 Å². The molecule has 0 heterocycles. The zero-order valence-corrected chi connectivity index (χ0v) is 16.8. The average Bonchev–Trinajstić information content (AvgIpc) is 2.66. The van der Waals surface area contributed by atoms with Crippen molar-refractivity contribution >= 4 is 0 Å². The molecule has 0 spiro atoms. The van der Waals surface area contributed by atoms with Crippen LogP contribution in [0, 0.1) is 17.5 Å². The van der Waals surface area contributed by atoms with E-state index in [4.69, 9.17) is 14.2 Å². The summed E-state index contributed by atoms with van der Waals surface area (Å²) in [6.45, 7) is 2.46. The topological polar surface area (TPSA) is 27.7 Å². The molecule has 0 amide bonds. The first-order valence-corrected chi connectivity index (χ1v) is 9.85. The van der Waals surface area contributed by atoms with E-state index in [1.165, 1.54) is 46.3 Å². The normalized spacial score (nSPS) is 11.9. The van der Waals surface area contributed by atoms with Crippen LogP contribution in [0.1, 0.15) is 70.3 Å². The fourth-order valence-corrected chi connectivity index (χ4v) is 3.02. The highest BCUT2D eigenvalue weighted by molar-refractivity contribution is 5.20. The standard InChI is InChI=1S/C21H33F3O3/c1-4-5-6-7-8-9-10-13-21(25-2,26-3)27-14-11-12-17-15-19(23)20(24)16-18(17)22/h15-16H,4-14H2,1-3H3. The molecule has 0 N–H and O–H groups in total. The van der Waals surface area contributed by atoms with Crippen LogP contribution >= 0.6 is 0 Å². The van der Waals surface area contributed by atoms with Crippen LogP contribution in [0.25, 0.3) is 0 Å². The molecular weight excluding hydrogens is 357 g/mol. The summed E-state index contributed by atoms with van der Waals surface area (Å²) in [5.74, 6) is -4.09. The Kier molecular flexibility index (Phi) is 11.6. The van der Waals surface area contributed by atoms with E-state index >= 15 is 0 Å².